The molecule has 6 nitrogen and oxygen atoms in total. The van der Waals surface area contributed by atoms with Crippen molar-refractivity contribution in [3.05, 3.63) is 72.2 Å². The zero-order valence-corrected chi connectivity index (χ0v) is 13.5. The zero-order valence-electron chi connectivity index (χ0n) is 13.5. The van der Waals surface area contributed by atoms with E-state index in [1.165, 1.54) is 0 Å². The highest BCUT2D eigenvalue weighted by molar-refractivity contribution is 5.83. The van der Waals surface area contributed by atoms with Crippen LogP contribution < -0.4 is 0 Å². The molecule has 0 atom stereocenters. The molecule has 0 fully saturated rings. The molecule has 0 spiro atoms. The third kappa shape index (κ3) is 2.48. The number of hydrogen-bond donors (Lipinski definition) is 0. The average molecular weight is 316 g/mol. The first-order valence-electron chi connectivity index (χ1n) is 7.65. The van der Waals surface area contributed by atoms with Gasteiger partial charge in [0.05, 0.1) is 11.7 Å². The smallest absolute Gasteiger partial charge is 0.141 e. The lowest BCUT2D eigenvalue weighted by Crippen LogP contribution is -2.00. The standard InChI is InChI=1S/C18H16N6/c1-13-8-16(10-22-23-11-20-21-12-23)14(2)24(13)17-5-6-18-15(9-17)4-3-7-19-18/h3-12H,1-2H3. The number of nitrogens with zero attached hydrogens (tertiary/aromatic N) is 6. The van der Waals surface area contributed by atoms with Crippen LogP contribution in [-0.2, 0) is 0 Å². The van der Waals surface area contributed by atoms with Crippen molar-refractivity contribution in [3.63, 3.8) is 0 Å². The Labute approximate surface area is 139 Å². The van der Waals surface area contributed by atoms with Crippen LogP contribution in [0.5, 0.6) is 0 Å². The molecule has 3 aromatic heterocycles. The van der Waals surface area contributed by atoms with Gasteiger partial charge >= 0.3 is 0 Å². The molecule has 0 saturated carbocycles. The molecule has 0 saturated heterocycles. The lowest BCUT2D eigenvalue weighted by molar-refractivity contribution is 0.877. The van der Waals surface area contributed by atoms with Crippen molar-refractivity contribution in [1.29, 1.82) is 0 Å². The van der Waals surface area contributed by atoms with Gasteiger partial charge in [0.15, 0.2) is 0 Å². The minimum atomic E-state index is 0.998. The Morgan fingerprint density at radius 1 is 1.04 bits per heavy atom. The normalized spacial score (nSPS) is 11.6. The van der Waals surface area contributed by atoms with Gasteiger partial charge in [0, 0.05) is 34.2 Å². The van der Waals surface area contributed by atoms with Crippen molar-refractivity contribution in [2.75, 3.05) is 0 Å². The summed E-state index contributed by atoms with van der Waals surface area (Å²) >= 11 is 0. The van der Waals surface area contributed by atoms with E-state index in [1.807, 2.05) is 18.5 Å². The predicted molar refractivity (Wildman–Crippen MR) is 93.6 cm³/mol. The summed E-state index contributed by atoms with van der Waals surface area (Å²) in [5.74, 6) is 0. The monoisotopic (exact) mass is 316 g/mol. The summed E-state index contributed by atoms with van der Waals surface area (Å²) in [6, 6.07) is 12.5. The van der Waals surface area contributed by atoms with Crippen LogP contribution in [0.15, 0.2) is 60.4 Å². The summed E-state index contributed by atoms with van der Waals surface area (Å²) < 4.78 is 3.80. The summed E-state index contributed by atoms with van der Waals surface area (Å²) in [5, 5.41) is 13.0. The summed E-state index contributed by atoms with van der Waals surface area (Å²) in [7, 11) is 0. The van der Waals surface area contributed by atoms with E-state index >= 15 is 0 Å². The lowest BCUT2D eigenvalue weighted by Gasteiger charge is -2.10. The Bertz CT molecular complexity index is 1030. The number of pyridine rings is 1. The molecule has 0 unspecified atom stereocenters. The number of fused-ring (bicyclic) bond motifs is 1. The first kappa shape index (κ1) is 14.3. The van der Waals surface area contributed by atoms with Gasteiger partial charge in [0.2, 0.25) is 0 Å². The van der Waals surface area contributed by atoms with Crippen molar-refractivity contribution in [1.82, 2.24) is 24.4 Å². The highest BCUT2D eigenvalue weighted by Gasteiger charge is 2.10. The third-order valence-electron chi connectivity index (χ3n) is 4.05. The Kier molecular flexibility index (Phi) is 3.42. The molecule has 24 heavy (non-hydrogen) atoms. The molecule has 0 N–H and O–H groups in total. The van der Waals surface area contributed by atoms with Crippen LogP contribution >= 0.6 is 0 Å². The number of hydrogen-bond acceptors (Lipinski definition) is 4. The minimum Gasteiger partial charge on any atom is -0.318 e. The maximum Gasteiger partial charge on any atom is 0.141 e. The summed E-state index contributed by atoms with van der Waals surface area (Å²) in [4.78, 5) is 4.38. The molecular formula is C18H16N6. The molecule has 4 rings (SSSR count). The van der Waals surface area contributed by atoms with Crippen LogP contribution in [0, 0.1) is 13.8 Å². The van der Waals surface area contributed by atoms with E-state index in [0.29, 0.717) is 0 Å². The molecule has 0 aliphatic carbocycles. The molecule has 0 radical (unpaired) electrons. The van der Waals surface area contributed by atoms with E-state index in [2.05, 4.69) is 69.0 Å². The highest BCUT2D eigenvalue weighted by Crippen LogP contribution is 2.22. The van der Waals surface area contributed by atoms with E-state index in [4.69, 9.17) is 0 Å². The van der Waals surface area contributed by atoms with Gasteiger partial charge in [-0.15, -0.1) is 10.2 Å². The number of aromatic nitrogens is 5. The van der Waals surface area contributed by atoms with Crippen LogP contribution in [0.25, 0.3) is 16.6 Å². The van der Waals surface area contributed by atoms with Gasteiger partial charge in [-0.25, -0.2) is 4.68 Å². The van der Waals surface area contributed by atoms with Gasteiger partial charge in [-0.2, -0.15) is 5.10 Å². The zero-order chi connectivity index (χ0) is 16.5. The molecule has 0 aliphatic heterocycles. The van der Waals surface area contributed by atoms with Crippen LogP contribution in [0.1, 0.15) is 17.0 Å². The van der Waals surface area contributed by atoms with Gasteiger partial charge in [0.1, 0.15) is 12.7 Å². The molecule has 3 heterocycles. The topological polar surface area (TPSA) is 60.9 Å². The first-order chi connectivity index (χ1) is 11.7. The first-order valence-corrected chi connectivity index (χ1v) is 7.65. The second-order valence-corrected chi connectivity index (χ2v) is 5.63. The van der Waals surface area contributed by atoms with Crippen LogP contribution in [0.3, 0.4) is 0 Å². The van der Waals surface area contributed by atoms with Crippen molar-refractivity contribution < 1.29 is 0 Å². The molecule has 0 bridgehead atoms. The fourth-order valence-corrected chi connectivity index (χ4v) is 2.90. The summed E-state index contributed by atoms with van der Waals surface area (Å²) in [6.45, 7) is 4.19. The number of rotatable bonds is 3. The highest BCUT2D eigenvalue weighted by atomic mass is 15.4. The largest absolute Gasteiger partial charge is 0.318 e. The van der Waals surface area contributed by atoms with Gasteiger partial charge < -0.3 is 4.57 Å². The molecular weight excluding hydrogens is 300 g/mol. The SMILES string of the molecule is Cc1cc(C=Nn2cnnc2)c(C)n1-c1ccc2ncccc2c1. The Morgan fingerprint density at radius 2 is 1.88 bits per heavy atom. The quantitative estimate of drug-likeness (QED) is 0.546. The van der Waals surface area contributed by atoms with Gasteiger partial charge in [-0.1, -0.05) is 6.07 Å². The van der Waals surface area contributed by atoms with Crippen molar-refractivity contribution in [2.24, 2.45) is 5.10 Å². The summed E-state index contributed by atoms with van der Waals surface area (Å²) in [5.41, 5.74) is 5.47. The second-order valence-electron chi connectivity index (χ2n) is 5.63. The minimum absolute atomic E-state index is 0.998. The average Bonchev–Trinajstić information content (AvgIpc) is 3.21. The molecule has 0 aliphatic rings. The number of aryl methyl sites for hydroxylation is 1. The van der Waals surface area contributed by atoms with Crippen LogP contribution in [0.2, 0.25) is 0 Å². The van der Waals surface area contributed by atoms with E-state index in [1.54, 1.807) is 17.3 Å². The van der Waals surface area contributed by atoms with Gasteiger partial charge in [-0.05, 0) is 44.2 Å². The van der Waals surface area contributed by atoms with Crippen LogP contribution in [-0.4, -0.2) is 30.6 Å². The fraction of sp³-hybridized carbons (Fsp3) is 0.111. The molecule has 1 aromatic carbocycles. The van der Waals surface area contributed by atoms with Gasteiger partial charge in [-0.3, -0.25) is 4.98 Å². The van der Waals surface area contributed by atoms with E-state index in [9.17, 15) is 0 Å². The number of benzene rings is 1. The third-order valence-corrected chi connectivity index (χ3v) is 4.05. The Morgan fingerprint density at radius 3 is 2.71 bits per heavy atom. The maximum atomic E-state index is 4.38. The predicted octanol–water partition coefficient (Wildman–Crippen LogP) is 3.12. The molecule has 6 heteroatoms. The Balaban J connectivity index is 1.77. The van der Waals surface area contributed by atoms with E-state index < -0.39 is 0 Å². The maximum absolute atomic E-state index is 4.38. The van der Waals surface area contributed by atoms with E-state index in [0.717, 1.165) is 33.5 Å². The van der Waals surface area contributed by atoms with Crippen molar-refractivity contribution in [2.45, 2.75) is 13.8 Å². The molecule has 0 amide bonds. The molecule has 4 aromatic rings. The lowest BCUT2D eigenvalue weighted by atomic mass is 10.2. The van der Waals surface area contributed by atoms with Crippen LogP contribution in [0.4, 0.5) is 0 Å². The molecule has 118 valence electrons. The van der Waals surface area contributed by atoms with Gasteiger partial charge in [0.25, 0.3) is 0 Å². The summed E-state index contributed by atoms with van der Waals surface area (Å²) in [6.07, 6.45) is 6.76. The second kappa shape index (κ2) is 5.73. The fourth-order valence-electron chi connectivity index (χ4n) is 2.90. The van der Waals surface area contributed by atoms with Crippen molar-refractivity contribution >= 4 is 17.1 Å². The van der Waals surface area contributed by atoms with Crippen molar-refractivity contribution in [3.8, 4) is 5.69 Å². The Hall–Kier alpha value is -3.28. The van der Waals surface area contributed by atoms with E-state index in [-0.39, 0.29) is 0 Å².